The van der Waals surface area contributed by atoms with Gasteiger partial charge in [0.15, 0.2) is 0 Å². The van der Waals surface area contributed by atoms with Crippen LogP contribution in [0.15, 0.2) is 65.4 Å². The minimum Gasteiger partial charge on any atom is -0.445 e. The average Bonchev–Trinajstić information content (AvgIpc) is 3.02. The SMILES string of the molecule is Cc1cccc(C(=O)Nc2ccc(-c3ncco3)cc2)c1. The van der Waals surface area contributed by atoms with Gasteiger partial charge in [-0.05, 0) is 43.3 Å². The van der Waals surface area contributed by atoms with Crippen LogP contribution in [-0.4, -0.2) is 10.9 Å². The molecule has 0 aliphatic carbocycles. The maximum Gasteiger partial charge on any atom is 0.255 e. The number of carbonyl (C=O) groups is 1. The number of hydrogen-bond acceptors (Lipinski definition) is 3. The number of aromatic nitrogens is 1. The normalized spacial score (nSPS) is 10.3. The van der Waals surface area contributed by atoms with Crippen LogP contribution in [0.25, 0.3) is 11.5 Å². The molecule has 4 nitrogen and oxygen atoms in total. The van der Waals surface area contributed by atoms with Crippen LogP contribution < -0.4 is 5.32 Å². The van der Waals surface area contributed by atoms with Crippen molar-refractivity contribution in [2.24, 2.45) is 0 Å². The predicted molar refractivity (Wildman–Crippen MR) is 81.1 cm³/mol. The zero-order valence-corrected chi connectivity index (χ0v) is 11.5. The first kappa shape index (κ1) is 13.1. The molecular weight excluding hydrogens is 264 g/mol. The van der Waals surface area contributed by atoms with E-state index in [1.54, 1.807) is 12.3 Å². The number of anilines is 1. The maximum atomic E-state index is 12.1. The average molecular weight is 278 g/mol. The molecule has 1 N–H and O–H groups in total. The van der Waals surface area contributed by atoms with Crippen molar-refractivity contribution < 1.29 is 9.21 Å². The summed E-state index contributed by atoms with van der Waals surface area (Å²) in [4.78, 5) is 16.2. The molecule has 0 unspecified atom stereocenters. The number of carbonyl (C=O) groups excluding carboxylic acids is 1. The summed E-state index contributed by atoms with van der Waals surface area (Å²) in [6.45, 7) is 1.96. The molecule has 104 valence electrons. The summed E-state index contributed by atoms with van der Waals surface area (Å²) in [5, 5.41) is 2.87. The summed E-state index contributed by atoms with van der Waals surface area (Å²) in [5.41, 5.74) is 3.30. The first-order valence-corrected chi connectivity index (χ1v) is 6.60. The molecule has 0 saturated heterocycles. The molecule has 0 bridgehead atoms. The maximum absolute atomic E-state index is 12.1. The molecule has 3 aromatic rings. The summed E-state index contributed by atoms with van der Waals surface area (Å²) in [5.74, 6) is 0.439. The van der Waals surface area contributed by atoms with E-state index in [0.717, 1.165) is 16.8 Å². The fraction of sp³-hybridized carbons (Fsp3) is 0.0588. The zero-order valence-electron chi connectivity index (χ0n) is 11.5. The standard InChI is InChI=1S/C17H14N2O2/c1-12-3-2-4-14(11-12)16(20)19-15-7-5-13(6-8-15)17-18-9-10-21-17/h2-11H,1H3,(H,19,20). The summed E-state index contributed by atoms with van der Waals surface area (Å²) >= 11 is 0. The van der Waals surface area contributed by atoms with E-state index in [1.165, 1.54) is 6.26 Å². The summed E-state index contributed by atoms with van der Waals surface area (Å²) in [7, 11) is 0. The summed E-state index contributed by atoms with van der Waals surface area (Å²) < 4.78 is 5.22. The largest absolute Gasteiger partial charge is 0.445 e. The van der Waals surface area contributed by atoms with Crippen LogP contribution in [0.2, 0.25) is 0 Å². The van der Waals surface area contributed by atoms with E-state index in [9.17, 15) is 4.79 Å². The Morgan fingerprint density at radius 2 is 1.95 bits per heavy atom. The van der Waals surface area contributed by atoms with Gasteiger partial charge in [-0.1, -0.05) is 17.7 Å². The number of benzene rings is 2. The van der Waals surface area contributed by atoms with Crippen LogP contribution in [0.5, 0.6) is 0 Å². The Labute approximate surface area is 122 Å². The molecule has 4 heteroatoms. The Bertz CT molecular complexity index is 747. The van der Waals surface area contributed by atoms with Gasteiger partial charge in [0.05, 0.1) is 6.20 Å². The molecule has 0 spiro atoms. The van der Waals surface area contributed by atoms with E-state index in [0.29, 0.717) is 11.5 Å². The van der Waals surface area contributed by atoms with Crippen molar-refractivity contribution in [3.05, 3.63) is 72.1 Å². The Balaban J connectivity index is 1.75. The highest BCUT2D eigenvalue weighted by Crippen LogP contribution is 2.20. The van der Waals surface area contributed by atoms with E-state index in [1.807, 2.05) is 49.4 Å². The predicted octanol–water partition coefficient (Wildman–Crippen LogP) is 3.90. The van der Waals surface area contributed by atoms with E-state index in [-0.39, 0.29) is 5.91 Å². The van der Waals surface area contributed by atoms with Crippen LogP contribution in [-0.2, 0) is 0 Å². The Morgan fingerprint density at radius 1 is 1.14 bits per heavy atom. The molecule has 21 heavy (non-hydrogen) atoms. The Morgan fingerprint density at radius 3 is 2.62 bits per heavy atom. The van der Waals surface area contributed by atoms with Crippen molar-refractivity contribution in [2.45, 2.75) is 6.92 Å². The van der Waals surface area contributed by atoms with Gasteiger partial charge in [-0.15, -0.1) is 0 Å². The highest BCUT2D eigenvalue weighted by atomic mass is 16.3. The van der Waals surface area contributed by atoms with Crippen LogP contribution in [0.1, 0.15) is 15.9 Å². The number of nitrogens with one attached hydrogen (secondary N) is 1. The topological polar surface area (TPSA) is 55.1 Å². The van der Waals surface area contributed by atoms with Crippen molar-refractivity contribution in [3.63, 3.8) is 0 Å². The lowest BCUT2D eigenvalue weighted by Crippen LogP contribution is -2.11. The second kappa shape index (κ2) is 5.63. The smallest absolute Gasteiger partial charge is 0.255 e. The highest BCUT2D eigenvalue weighted by Gasteiger charge is 2.07. The van der Waals surface area contributed by atoms with Gasteiger partial charge < -0.3 is 9.73 Å². The third-order valence-electron chi connectivity index (χ3n) is 3.10. The van der Waals surface area contributed by atoms with Gasteiger partial charge in [0.25, 0.3) is 5.91 Å². The molecule has 0 aliphatic rings. The molecule has 0 aliphatic heterocycles. The molecule has 0 fully saturated rings. The van der Waals surface area contributed by atoms with Gasteiger partial charge in [0.1, 0.15) is 6.26 Å². The summed E-state index contributed by atoms with van der Waals surface area (Å²) in [6, 6.07) is 14.9. The molecule has 0 saturated carbocycles. The highest BCUT2D eigenvalue weighted by molar-refractivity contribution is 6.04. The Hall–Kier alpha value is -2.88. The number of aryl methyl sites for hydroxylation is 1. The molecule has 1 aromatic heterocycles. The van der Waals surface area contributed by atoms with E-state index in [2.05, 4.69) is 10.3 Å². The molecule has 0 radical (unpaired) electrons. The fourth-order valence-electron chi connectivity index (χ4n) is 2.05. The quantitative estimate of drug-likeness (QED) is 0.790. The van der Waals surface area contributed by atoms with Crippen molar-refractivity contribution in [3.8, 4) is 11.5 Å². The number of oxazole rings is 1. The Kier molecular flexibility index (Phi) is 3.51. The van der Waals surface area contributed by atoms with Crippen molar-refractivity contribution >= 4 is 11.6 Å². The summed E-state index contributed by atoms with van der Waals surface area (Å²) in [6.07, 6.45) is 3.13. The number of nitrogens with zero attached hydrogens (tertiary/aromatic N) is 1. The molecule has 1 amide bonds. The van der Waals surface area contributed by atoms with Gasteiger partial charge in [-0.3, -0.25) is 4.79 Å². The lowest BCUT2D eigenvalue weighted by molar-refractivity contribution is 0.102. The van der Waals surface area contributed by atoms with Crippen molar-refractivity contribution in [2.75, 3.05) is 5.32 Å². The van der Waals surface area contributed by atoms with Crippen molar-refractivity contribution in [1.82, 2.24) is 4.98 Å². The second-order valence-electron chi connectivity index (χ2n) is 4.74. The van der Waals surface area contributed by atoms with Gasteiger partial charge in [0.2, 0.25) is 5.89 Å². The van der Waals surface area contributed by atoms with Crippen LogP contribution >= 0.6 is 0 Å². The lowest BCUT2D eigenvalue weighted by Gasteiger charge is -2.06. The minimum atomic E-state index is -0.123. The van der Waals surface area contributed by atoms with Gasteiger partial charge in [-0.25, -0.2) is 4.98 Å². The fourth-order valence-corrected chi connectivity index (χ4v) is 2.05. The number of hydrogen-bond donors (Lipinski definition) is 1. The van der Waals surface area contributed by atoms with E-state index >= 15 is 0 Å². The zero-order chi connectivity index (χ0) is 14.7. The number of rotatable bonds is 3. The van der Waals surface area contributed by atoms with Crippen LogP contribution in [0.4, 0.5) is 5.69 Å². The second-order valence-corrected chi connectivity index (χ2v) is 4.74. The first-order valence-electron chi connectivity index (χ1n) is 6.60. The van der Waals surface area contributed by atoms with Crippen molar-refractivity contribution in [1.29, 1.82) is 0 Å². The molecule has 2 aromatic carbocycles. The molecule has 1 heterocycles. The third kappa shape index (κ3) is 3.00. The molecular formula is C17H14N2O2. The lowest BCUT2D eigenvalue weighted by atomic mass is 10.1. The monoisotopic (exact) mass is 278 g/mol. The van der Waals surface area contributed by atoms with Crippen LogP contribution in [0, 0.1) is 6.92 Å². The third-order valence-corrected chi connectivity index (χ3v) is 3.10. The first-order chi connectivity index (χ1) is 10.2. The molecule has 0 atom stereocenters. The van der Waals surface area contributed by atoms with Gasteiger partial charge in [-0.2, -0.15) is 0 Å². The van der Waals surface area contributed by atoms with Gasteiger partial charge >= 0.3 is 0 Å². The minimum absolute atomic E-state index is 0.123. The van der Waals surface area contributed by atoms with E-state index < -0.39 is 0 Å². The molecule has 3 rings (SSSR count). The van der Waals surface area contributed by atoms with Crippen LogP contribution in [0.3, 0.4) is 0 Å². The van der Waals surface area contributed by atoms with E-state index in [4.69, 9.17) is 4.42 Å². The number of amides is 1. The van der Waals surface area contributed by atoms with Gasteiger partial charge in [0, 0.05) is 16.8 Å².